The summed E-state index contributed by atoms with van der Waals surface area (Å²) in [6.45, 7) is 6.25. The van der Waals surface area contributed by atoms with E-state index < -0.39 is 0 Å². The fourth-order valence-corrected chi connectivity index (χ4v) is 3.89. The van der Waals surface area contributed by atoms with Crippen molar-refractivity contribution in [1.82, 2.24) is 19.9 Å². The van der Waals surface area contributed by atoms with Crippen LogP contribution in [0, 0.1) is 12.8 Å². The van der Waals surface area contributed by atoms with Gasteiger partial charge in [0.05, 0.1) is 24.7 Å². The predicted octanol–water partition coefficient (Wildman–Crippen LogP) is 2.97. The molecule has 26 heavy (non-hydrogen) atoms. The van der Waals surface area contributed by atoms with E-state index in [0.29, 0.717) is 12.0 Å². The van der Waals surface area contributed by atoms with Crippen LogP contribution < -0.4 is 5.32 Å². The molecule has 138 valence electrons. The average Bonchev–Trinajstić information content (AvgIpc) is 3.21. The number of rotatable bonds is 5. The van der Waals surface area contributed by atoms with Crippen LogP contribution in [0.2, 0.25) is 0 Å². The van der Waals surface area contributed by atoms with Crippen LogP contribution in [0.4, 0.5) is 11.6 Å². The number of hydrogen-bond donors (Lipinski definition) is 1. The van der Waals surface area contributed by atoms with Gasteiger partial charge in [-0.15, -0.1) is 0 Å². The van der Waals surface area contributed by atoms with Crippen LogP contribution in [0.25, 0.3) is 0 Å². The van der Waals surface area contributed by atoms with Crippen molar-refractivity contribution in [3.05, 3.63) is 42.0 Å². The highest BCUT2D eigenvalue weighted by Gasteiger charge is 2.27. The Kier molecular flexibility index (Phi) is 5.41. The van der Waals surface area contributed by atoms with Crippen molar-refractivity contribution in [1.29, 1.82) is 0 Å². The maximum Gasteiger partial charge on any atom is 0.150 e. The van der Waals surface area contributed by atoms with Gasteiger partial charge in [0.1, 0.15) is 11.6 Å². The largest absolute Gasteiger partial charge is 0.380 e. The molecule has 2 aliphatic rings. The van der Waals surface area contributed by atoms with Crippen molar-refractivity contribution in [2.24, 2.45) is 5.92 Å². The number of pyridine rings is 1. The molecule has 4 rings (SSSR count). The summed E-state index contributed by atoms with van der Waals surface area (Å²) in [6.07, 6.45) is 10.2. The van der Waals surface area contributed by atoms with Crippen molar-refractivity contribution >= 4 is 11.6 Å². The number of aryl methyl sites for hydroxylation is 1. The lowest BCUT2D eigenvalue weighted by Gasteiger charge is -2.35. The first kappa shape index (κ1) is 17.4. The molecule has 4 heterocycles. The molecule has 2 aromatic rings. The number of nitrogens with one attached hydrogen (secondary N) is 1. The Bertz CT molecular complexity index is 706. The molecule has 0 bridgehead atoms. The summed E-state index contributed by atoms with van der Waals surface area (Å²) in [6, 6.07) is 4.61. The molecule has 2 aliphatic heterocycles. The molecular formula is C20H27N5O. The molecule has 1 atom stereocenters. The predicted molar refractivity (Wildman–Crippen MR) is 102 cm³/mol. The van der Waals surface area contributed by atoms with Crippen LogP contribution in [0.3, 0.4) is 0 Å². The summed E-state index contributed by atoms with van der Waals surface area (Å²) in [5, 5.41) is 3.24. The third-order valence-electron chi connectivity index (χ3n) is 5.53. The molecule has 0 saturated carbocycles. The zero-order valence-corrected chi connectivity index (χ0v) is 15.4. The molecular weight excluding hydrogens is 326 g/mol. The van der Waals surface area contributed by atoms with Gasteiger partial charge < -0.3 is 10.1 Å². The Morgan fingerprint density at radius 2 is 2.04 bits per heavy atom. The highest BCUT2D eigenvalue weighted by Crippen LogP contribution is 2.25. The maximum atomic E-state index is 5.52. The summed E-state index contributed by atoms with van der Waals surface area (Å²) in [7, 11) is 0. The van der Waals surface area contributed by atoms with Crippen LogP contribution >= 0.6 is 0 Å². The minimum Gasteiger partial charge on any atom is -0.380 e. The quantitative estimate of drug-likeness (QED) is 0.892. The fraction of sp³-hybridized carbons (Fsp3) is 0.550. The van der Waals surface area contributed by atoms with Crippen molar-refractivity contribution in [2.45, 2.75) is 38.6 Å². The molecule has 6 heteroatoms. The minimum atomic E-state index is 0.649. The summed E-state index contributed by atoms with van der Waals surface area (Å²) in [5.41, 5.74) is 2.17. The number of hydrogen-bond acceptors (Lipinski definition) is 6. The van der Waals surface area contributed by atoms with Crippen molar-refractivity contribution < 1.29 is 4.74 Å². The lowest BCUT2D eigenvalue weighted by atomic mass is 9.91. The number of ether oxygens (including phenoxy) is 1. The van der Waals surface area contributed by atoms with Crippen molar-refractivity contribution in [3.63, 3.8) is 0 Å². The first-order chi connectivity index (χ1) is 12.8. The number of likely N-dealkylation sites (tertiary alicyclic amines) is 1. The molecule has 0 amide bonds. The summed E-state index contributed by atoms with van der Waals surface area (Å²) in [5.74, 6) is 2.28. The van der Waals surface area contributed by atoms with Crippen LogP contribution in [0.5, 0.6) is 0 Å². The average molecular weight is 353 g/mol. The second-order valence-electron chi connectivity index (χ2n) is 7.39. The zero-order valence-electron chi connectivity index (χ0n) is 15.4. The van der Waals surface area contributed by atoms with Gasteiger partial charge in [0.2, 0.25) is 0 Å². The van der Waals surface area contributed by atoms with E-state index in [1.165, 1.54) is 32.4 Å². The minimum absolute atomic E-state index is 0.649. The van der Waals surface area contributed by atoms with Crippen LogP contribution in [0.15, 0.2) is 30.7 Å². The summed E-state index contributed by atoms with van der Waals surface area (Å²) >= 11 is 0. The van der Waals surface area contributed by atoms with Crippen LogP contribution in [0.1, 0.15) is 30.5 Å². The smallest absolute Gasteiger partial charge is 0.150 e. The second-order valence-corrected chi connectivity index (χ2v) is 7.39. The third-order valence-corrected chi connectivity index (χ3v) is 5.53. The zero-order chi connectivity index (χ0) is 17.8. The SMILES string of the molecule is Cc1cccnc1Nc1cnc(CC2CCN([C@@H]3CCOC3)CC2)cn1. The highest BCUT2D eigenvalue weighted by molar-refractivity contribution is 5.54. The lowest BCUT2D eigenvalue weighted by molar-refractivity contribution is 0.110. The van der Waals surface area contributed by atoms with Gasteiger partial charge in [0, 0.05) is 18.8 Å². The van der Waals surface area contributed by atoms with E-state index in [9.17, 15) is 0 Å². The molecule has 0 radical (unpaired) electrons. The van der Waals surface area contributed by atoms with E-state index in [2.05, 4.69) is 25.2 Å². The van der Waals surface area contributed by atoms with E-state index >= 15 is 0 Å². The number of piperidine rings is 1. The molecule has 1 N–H and O–H groups in total. The normalized spacial score (nSPS) is 21.8. The van der Waals surface area contributed by atoms with Crippen LogP contribution in [-0.4, -0.2) is 52.2 Å². The van der Waals surface area contributed by atoms with Gasteiger partial charge in [0.15, 0.2) is 0 Å². The Morgan fingerprint density at radius 3 is 2.73 bits per heavy atom. The van der Waals surface area contributed by atoms with E-state index in [0.717, 1.165) is 42.5 Å². The number of aromatic nitrogens is 3. The summed E-state index contributed by atoms with van der Waals surface area (Å²) < 4.78 is 5.52. The molecule has 0 aliphatic carbocycles. The molecule has 0 spiro atoms. The molecule has 2 fully saturated rings. The Morgan fingerprint density at radius 1 is 1.15 bits per heavy atom. The first-order valence-electron chi connectivity index (χ1n) is 9.59. The van der Waals surface area contributed by atoms with Gasteiger partial charge in [-0.1, -0.05) is 6.07 Å². The lowest BCUT2D eigenvalue weighted by Crippen LogP contribution is -2.42. The number of nitrogens with zero attached hydrogens (tertiary/aromatic N) is 4. The van der Waals surface area contributed by atoms with Gasteiger partial charge in [-0.3, -0.25) is 9.88 Å². The molecule has 6 nitrogen and oxygen atoms in total. The fourth-order valence-electron chi connectivity index (χ4n) is 3.89. The van der Waals surface area contributed by atoms with Gasteiger partial charge in [-0.05, 0) is 63.2 Å². The standard InChI is InChI=1S/C20H27N5O/c1-15-3-2-7-21-20(15)24-19-13-22-17(12-23-19)11-16-4-8-25(9-5-16)18-6-10-26-14-18/h2-3,7,12-13,16,18H,4-6,8-11,14H2,1H3,(H,21,23,24)/t18-/m1/s1. The van der Waals surface area contributed by atoms with E-state index in [1.807, 2.05) is 31.5 Å². The Balaban J connectivity index is 1.28. The van der Waals surface area contributed by atoms with Crippen LogP contribution in [-0.2, 0) is 11.2 Å². The molecule has 0 unspecified atom stereocenters. The van der Waals surface area contributed by atoms with E-state index in [-0.39, 0.29) is 0 Å². The van der Waals surface area contributed by atoms with E-state index in [1.54, 1.807) is 6.20 Å². The summed E-state index contributed by atoms with van der Waals surface area (Å²) in [4.78, 5) is 16.1. The molecule has 2 saturated heterocycles. The maximum absolute atomic E-state index is 5.52. The van der Waals surface area contributed by atoms with Gasteiger partial charge in [-0.2, -0.15) is 0 Å². The first-order valence-corrected chi connectivity index (χ1v) is 9.59. The Labute approximate surface area is 155 Å². The molecule has 2 aromatic heterocycles. The van der Waals surface area contributed by atoms with Gasteiger partial charge >= 0.3 is 0 Å². The monoisotopic (exact) mass is 353 g/mol. The second kappa shape index (κ2) is 8.10. The Hall–Kier alpha value is -2.05. The van der Waals surface area contributed by atoms with Crippen molar-refractivity contribution in [3.8, 4) is 0 Å². The topological polar surface area (TPSA) is 63.2 Å². The van der Waals surface area contributed by atoms with E-state index in [4.69, 9.17) is 4.74 Å². The van der Waals surface area contributed by atoms with Gasteiger partial charge in [-0.25, -0.2) is 9.97 Å². The number of anilines is 2. The third kappa shape index (κ3) is 4.19. The highest BCUT2D eigenvalue weighted by atomic mass is 16.5. The van der Waals surface area contributed by atoms with Crippen molar-refractivity contribution in [2.75, 3.05) is 31.6 Å². The molecule has 0 aromatic carbocycles. The van der Waals surface area contributed by atoms with Gasteiger partial charge in [0.25, 0.3) is 0 Å².